The van der Waals surface area contributed by atoms with Crippen molar-refractivity contribution in [1.29, 1.82) is 0 Å². The highest BCUT2D eigenvalue weighted by Crippen LogP contribution is 2.23. The lowest BCUT2D eigenvalue weighted by Gasteiger charge is -2.23. The number of hydrogen-bond acceptors (Lipinski definition) is 5. The van der Waals surface area contributed by atoms with Crippen molar-refractivity contribution in [2.75, 3.05) is 27.4 Å². The van der Waals surface area contributed by atoms with E-state index in [1.807, 2.05) is 29.2 Å². The Morgan fingerprint density at radius 1 is 1.35 bits per heavy atom. The van der Waals surface area contributed by atoms with Crippen LogP contribution in [0, 0.1) is 0 Å². The minimum absolute atomic E-state index is 0.00396. The molecule has 0 unspecified atom stereocenters. The van der Waals surface area contributed by atoms with Crippen molar-refractivity contribution in [3.8, 4) is 11.4 Å². The topological polar surface area (TPSA) is 80.3 Å². The molecule has 7 heteroatoms. The number of amides is 1. The van der Waals surface area contributed by atoms with Crippen LogP contribution in [0.2, 0.25) is 0 Å². The van der Waals surface area contributed by atoms with E-state index in [2.05, 4.69) is 15.2 Å². The van der Waals surface area contributed by atoms with E-state index >= 15 is 0 Å². The van der Waals surface area contributed by atoms with Crippen LogP contribution in [0.1, 0.15) is 16.8 Å². The predicted octanol–water partition coefficient (Wildman–Crippen LogP) is 1.35. The Kier molecular flexibility index (Phi) is 4.68. The molecule has 2 heterocycles. The number of aromatic nitrogens is 3. The van der Waals surface area contributed by atoms with E-state index in [1.54, 1.807) is 14.2 Å². The molecule has 0 saturated carbocycles. The molecule has 122 valence electrons. The van der Waals surface area contributed by atoms with Crippen molar-refractivity contribution in [3.63, 3.8) is 0 Å². The van der Waals surface area contributed by atoms with Crippen molar-refractivity contribution >= 4 is 5.91 Å². The van der Waals surface area contributed by atoms with Gasteiger partial charge in [0.2, 0.25) is 0 Å². The van der Waals surface area contributed by atoms with Gasteiger partial charge in [0.1, 0.15) is 6.33 Å². The van der Waals surface area contributed by atoms with Gasteiger partial charge in [-0.25, -0.2) is 4.98 Å². The van der Waals surface area contributed by atoms with Crippen LogP contribution in [0.3, 0.4) is 0 Å². The monoisotopic (exact) mass is 316 g/mol. The number of benzene rings is 1. The summed E-state index contributed by atoms with van der Waals surface area (Å²) in [4.78, 5) is 18.7. The molecule has 1 amide bonds. The van der Waals surface area contributed by atoms with Gasteiger partial charge in [0.15, 0.2) is 5.82 Å². The lowest BCUT2D eigenvalue weighted by Crippen LogP contribution is -2.38. The third-order valence-corrected chi connectivity index (χ3v) is 4.15. The van der Waals surface area contributed by atoms with Crippen molar-refractivity contribution in [2.45, 2.75) is 18.6 Å². The smallest absolute Gasteiger partial charge is 0.254 e. The van der Waals surface area contributed by atoms with Gasteiger partial charge in [-0.15, -0.1) is 0 Å². The minimum atomic E-state index is -0.00396. The SMILES string of the molecule is COC[C@@H]1C[C@@H](OC)CN1C(=O)c1ccc(-c2ncn[nH]2)cc1. The van der Waals surface area contributed by atoms with Crippen molar-refractivity contribution in [3.05, 3.63) is 36.2 Å². The first-order valence-corrected chi connectivity index (χ1v) is 7.51. The first-order valence-electron chi connectivity index (χ1n) is 7.51. The lowest BCUT2D eigenvalue weighted by molar-refractivity contribution is 0.0612. The van der Waals surface area contributed by atoms with Gasteiger partial charge in [0, 0.05) is 31.9 Å². The van der Waals surface area contributed by atoms with Crippen LogP contribution in [0.25, 0.3) is 11.4 Å². The van der Waals surface area contributed by atoms with Crippen molar-refractivity contribution in [2.24, 2.45) is 0 Å². The number of rotatable bonds is 5. The summed E-state index contributed by atoms with van der Waals surface area (Å²) in [6, 6.07) is 7.40. The number of nitrogens with one attached hydrogen (secondary N) is 1. The zero-order valence-corrected chi connectivity index (χ0v) is 13.2. The minimum Gasteiger partial charge on any atom is -0.383 e. The number of ether oxygens (including phenoxy) is 2. The van der Waals surface area contributed by atoms with Crippen LogP contribution in [-0.2, 0) is 9.47 Å². The van der Waals surface area contributed by atoms with Gasteiger partial charge in [-0.2, -0.15) is 5.10 Å². The van der Waals surface area contributed by atoms with E-state index in [0.29, 0.717) is 24.5 Å². The molecule has 2 atom stereocenters. The molecule has 1 saturated heterocycles. The quantitative estimate of drug-likeness (QED) is 0.900. The molecule has 1 fully saturated rings. The zero-order valence-electron chi connectivity index (χ0n) is 13.2. The second kappa shape index (κ2) is 6.89. The molecule has 2 aromatic rings. The Bertz CT molecular complexity index is 642. The van der Waals surface area contributed by atoms with Crippen LogP contribution < -0.4 is 0 Å². The Hall–Kier alpha value is -2.25. The summed E-state index contributed by atoms with van der Waals surface area (Å²) >= 11 is 0. The molecule has 1 aliphatic heterocycles. The van der Waals surface area contributed by atoms with Gasteiger partial charge in [-0.3, -0.25) is 9.89 Å². The van der Waals surface area contributed by atoms with E-state index < -0.39 is 0 Å². The highest BCUT2D eigenvalue weighted by Gasteiger charge is 2.35. The summed E-state index contributed by atoms with van der Waals surface area (Å²) in [5, 5.41) is 6.63. The van der Waals surface area contributed by atoms with Crippen LogP contribution in [0.5, 0.6) is 0 Å². The number of likely N-dealkylation sites (tertiary alicyclic amines) is 1. The van der Waals surface area contributed by atoms with E-state index in [0.717, 1.165) is 12.0 Å². The van der Waals surface area contributed by atoms with Gasteiger partial charge >= 0.3 is 0 Å². The summed E-state index contributed by atoms with van der Waals surface area (Å²) in [5.74, 6) is 0.678. The molecule has 1 N–H and O–H groups in total. The molecule has 0 aliphatic carbocycles. The molecule has 1 aromatic heterocycles. The lowest BCUT2D eigenvalue weighted by atomic mass is 10.1. The number of H-pyrrole nitrogens is 1. The fraction of sp³-hybridized carbons (Fsp3) is 0.438. The number of carbonyl (C=O) groups excluding carboxylic acids is 1. The summed E-state index contributed by atoms with van der Waals surface area (Å²) in [6.45, 7) is 1.11. The highest BCUT2D eigenvalue weighted by molar-refractivity contribution is 5.95. The average molecular weight is 316 g/mol. The average Bonchev–Trinajstić information content (AvgIpc) is 3.24. The molecule has 0 radical (unpaired) electrons. The molecule has 1 aliphatic rings. The van der Waals surface area contributed by atoms with E-state index in [-0.39, 0.29) is 18.1 Å². The third kappa shape index (κ3) is 3.25. The number of aromatic amines is 1. The first kappa shape index (κ1) is 15.6. The summed E-state index contributed by atoms with van der Waals surface area (Å²) < 4.78 is 10.6. The fourth-order valence-corrected chi connectivity index (χ4v) is 2.92. The van der Waals surface area contributed by atoms with Gasteiger partial charge < -0.3 is 14.4 Å². The normalized spacial score (nSPS) is 20.9. The molecule has 0 bridgehead atoms. The highest BCUT2D eigenvalue weighted by atomic mass is 16.5. The molecule has 7 nitrogen and oxygen atoms in total. The molecule has 1 aromatic carbocycles. The number of hydrogen-bond donors (Lipinski definition) is 1. The standard InChI is InChI=1S/C16H20N4O3/c1-22-9-13-7-14(23-2)8-20(13)16(21)12-5-3-11(4-6-12)15-17-10-18-19-15/h3-6,10,13-14H,7-9H2,1-2H3,(H,17,18,19)/t13-,14+/m0/s1. The first-order chi connectivity index (χ1) is 11.2. The van der Waals surface area contributed by atoms with E-state index in [1.165, 1.54) is 6.33 Å². The predicted molar refractivity (Wildman–Crippen MR) is 83.9 cm³/mol. The van der Waals surface area contributed by atoms with Crippen LogP contribution in [0.4, 0.5) is 0 Å². The second-order valence-electron chi connectivity index (χ2n) is 5.57. The molecule has 0 spiro atoms. The maximum atomic E-state index is 12.8. The number of methoxy groups -OCH3 is 2. The molecular formula is C16H20N4O3. The Morgan fingerprint density at radius 3 is 2.74 bits per heavy atom. The van der Waals surface area contributed by atoms with Crippen LogP contribution in [0.15, 0.2) is 30.6 Å². The van der Waals surface area contributed by atoms with E-state index in [9.17, 15) is 4.79 Å². The summed E-state index contributed by atoms with van der Waals surface area (Å²) in [7, 11) is 3.32. The van der Waals surface area contributed by atoms with Crippen molar-refractivity contribution in [1.82, 2.24) is 20.1 Å². The fourth-order valence-electron chi connectivity index (χ4n) is 2.92. The van der Waals surface area contributed by atoms with Gasteiger partial charge in [-0.1, -0.05) is 12.1 Å². The maximum Gasteiger partial charge on any atom is 0.254 e. The Morgan fingerprint density at radius 2 is 2.13 bits per heavy atom. The third-order valence-electron chi connectivity index (χ3n) is 4.15. The van der Waals surface area contributed by atoms with Crippen LogP contribution in [-0.4, -0.2) is 65.5 Å². The maximum absolute atomic E-state index is 12.8. The van der Waals surface area contributed by atoms with Gasteiger partial charge in [-0.05, 0) is 18.6 Å². The van der Waals surface area contributed by atoms with Crippen LogP contribution >= 0.6 is 0 Å². The molecular weight excluding hydrogens is 296 g/mol. The summed E-state index contributed by atoms with van der Waals surface area (Å²) in [5.41, 5.74) is 1.54. The van der Waals surface area contributed by atoms with E-state index in [4.69, 9.17) is 9.47 Å². The molecule has 23 heavy (non-hydrogen) atoms. The number of nitrogens with zero attached hydrogens (tertiary/aromatic N) is 3. The van der Waals surface area contributed by atoms with Gasteiger partial charge in [0.05, 0.1) is 18.8 Å². The Balaban J connectivity index is 1.76. The molecule has 3 rings (SSSR count). The van der Waals surface area contributed by atoms with Crippen molar-refractivity contribution < 1.29 is 14.3 Å². The zero-order chi connectivity index (χ0) is 16.2. The summed E-state index contributed by atoms with van der Waals surface area (Å²) in [6.07, 6.45) is 2.32. The Labute approximate surface area is 134 Å². The second-order valence-corrected chi connectivity index (χ2v) is 5.57. The largest absolute Gasteiger partial charge is 0.383 e. The number of carbonyl (C=O) groups is 1. The van der Waals surface area contributed by atoms with Gasteiger partial charge in [0.25, 0.3) is 5.91 Å².